The summed E-state index contributed by atoms with van der Waals surface area (Å²) < 4.78 is 32.0. The molecule has 3 rings (SSSR count). The highest BCUT2D eigenvalue weighted by Gasteiger charge is 2.14. The zero-order valence-electron chi connectivity index (χ0n) is 14.2. The molecule has 1 amide bonds. The minimum Gasteiger partial charge on any atom is -0.483 e. The van der Waals surface area contributed by atoms with Crippen molar-refractivity contribution in [3.8, 4) is 17.0 Å². The molecule has 0 aliphatic carbocycles. The smallest absolute Gasteiger partial charge is 0.264 e. The van der Waals surface area contributed by atoms with E-state index >= 15 is 0 Å². The van der Waals surface area contributed by atoms with Gasteiger partial charge in [-0.25, -0.2) is 13.8 Å². The van der Waals surface area contributed by atoms with Gasteiger partial charge in [0.15, 0.2) is 23.4 Å². The Morgan fingerprint density at radius 1 is 1.15 bits per heavy atom. The number of para-hydroxylation sites is 1. The Labute approximate surface area is 153 Å². The molecule has 0 aliphatic heterocycles. The minimum atomic E-state index is -0.938. The average Bonchev–Trinajstić information content (AvgIpc) is 2.97. The predicted molar refractivity (Wildman–Crippen MR) is 97.5 cm³/mol. The van der Waals surface area contributed by atoms with Gasteiger partial charge in [0.05, 0.1) is 5.69 Å². The second-order valence-corrected chi connectivity index (χ2v) is 6.86. The Hall–Kier alpha value is -2.80. The molecule has 0 unspecified atom stereocenters. The van der Waals surface area contributed by atoms with Gasteiger partial charge in [-0.05, 0) is 43.7 Å². The molecule has 0 saturated carbocycles. The molecule has 0 aliphatic rings. The van der Waals surface area contributed by atoms with E-state index in [9.17, 15) is 13.6 Å². The molecule has 26 heavy (non-hydrogen) atoms. The van der Waals surface area contributed by atoms with Crippen LogP contribution in [0.25, 0.3) is 11.3 Å². The van der Waals surface area contributed by atoms with Crippen LogP contribution in [0.15, 0.2) is 42.5 Å². The van der Waals surface area contributed by atoms with Crippen molar-refractivity contribution in [3.05, 3.63) is 64.5 Å². The maximum atomic E-state index is 13.4. The first-order chi connectivity index (χ1) is 12.4. The molecule has 134 valence electrons. The van der Waals surface area contributed by atoms with Crippen LogP contribution in [0.2, 0.25) is 0 Å². The van der Waals surface area contributed by atoms with Gasteiger partial charge in [0, 0.05) is 10.4 Å². The van der Waals surface area contributed by atoms with E-state index in [0.717, 1.165) is 22.6 Å². The number of nitrogens with zero attached hydrogens (tertiary/aromatic N) is 1. The second-order valence-electron chi connectivity index (χ2n) is 5.66. The van der Waals surface area contributed by atoms with Crippen molar-refractivity contribution in [2.75, 3.05) is 11.9 Å². The highest BCUT2D eigenvalue weighted by Crippen LogP contribution is 2.31. The van der Waals surface area contributed by atoms with E-state index < -0.39 is 11.6 Å². The average molecular weight is 374 g/mol. The number of nitrogens with one attached hydrogen (secondary N) is 1. The Kier molecular flexibility index (Phi) is 5.27. The summed E-state index contributed by atoms with van der Waals surface area (Å²) in [4.78, 5) is 17.2. The second kappa shape index (κ2) is 7.61. The summed E-state index contributed by atoms with van der Waals surface area (Å²) >= 11 is 1.26. The minimum absolute atomic E-state index is 0.149. The topological polar surface area (TPSA) is 51.2 Å². The monoisotopic (exact) mass is 374 g/mol. The molecule has 4 nitrogen and oxygen atoms in total. The fourth-order valence-electron chi connectivity index (χ4n) is 2.38. The fourth-order valence-corrected chi connectivity index (χ4v) is 3.23. The van der Waals surface area contributed by atoms with Crippen molar-refractivity contribution in [1.29, 1.82) is 0 Å². The lowest BCUT2D eigenvalue weighted by Gasteiger charge is -2.08. The van der Waals surface area contributed by atoms with Crippen molar-refractivity contribution in [3.63, 3.8) is 0 Å². The standard InChI is InChI=1S/C19H16F2N2O2S/c1-11-5-3-4-6-16(11)25-10-17(24)22-19-23-18(12(2)26-19)13-7-8-14(20)15(21)9-13/h3-9H,10H2,1-2H3,(H,22,23,24). The van der Waals surface area contributed by atoms with Crippen molar-refractivity contribution in [2.24, 2.45) is 0 Å². The highest BCUT2D eigenvalue weighted by molar-refractivity contribution is 7.16. The zero-order valence-corrected chi connectivity index (χ0v) is 15.0. The number of hydrogen-bond acceptors (Lipinski definition) is 4. The lowest BCUT2D eigenvalue weighted by atomic mass is 10.1. The Morgan fingerprint density at radius 3 is 2.65 bits per heavy atom. The number of amides is 1. The summed E-state index contributed by atoms with van der Waals surface area (Å²) in [5.74, 6) is -1.56. The maximum Gasteiger partial charge on any atom is 0.264 e. The van der Waals surface area contributed by atoms with Crippen LogP contribution in [0.4, 0.5) is 13.9 Å². The summed E-state index contributed by atoms with van der Waals surface area (Å²) in [5.41, 5.74) is 1.89. The first-order valence-corrected chi connectivity index (χ1v) is 8.67. The predicted octanol–water partition coefficient (Wildman–Crippen LogP) is 4.72. The molecule has 1 aromatic heterocycles. The van der Waals surface area contributed by atoms with Crippen LogP contribution >= 0.6 is 11.3 Å². The number of carbonyl (C=O) groups is 1. The van der Waals surface area contributed by atoms with E-state index in [4.69, 9.17) is 4.74 Å². The maximum absolute atomic E-state index is 13.4. The van der Waals surface area contributed by atoms with E-state index in [1.807, 2.05) is 25.1 Å². The van der Waals surface area contributed by atoms with Crippen molar-refractivity contribution >= 4 is 22.4 Å². The highest BCUT2D eigenvalue weighted by atomic mass is 32.1. The van der Waals surface area contributed by atoms with Crippen molar-refractivity contribution in [2.45, 2.75) is 13.8 Å². The normalized spacial score (nSPS) is 10.6. The van der Waals surface area contributed by atoms with Crippen LogP contribution in [0, 0.1) is 25.5 Å². The number of thiazole rings is 1. The van der Waals surface area contributed by atoms with Gasteiger partial charge in [0.25, 0.3) is 5.91 Å². The summed E-state index contributed by atoms with van der Waals surface area (Å²) in [5, 5.41) is 3.04. The van der Waals surface area contributed by atoms with E-state index in [1.54, 1.807) is 13.0 Å². The molecule has 0 atom stereocenters. The summed E-state index contributed by atoms with van der Waals surface area (Å²) in [6.45, 7) is 3.54. The van der Waals surface area contributed by atoms with Gasteiger partial charge in [-0.1, -0.05) is 18.2 Å². The van der Waals surface area contributed by atoms with Crippen LogP contribution in [0.3, 0.4) is 0 Å². The quantitative estimate of drug-likeness (QED) is 0.703. The van der Waals surface area contributed by atoms with Crippen LogP contribution < -0.4 is 10.1 Å². The molecular formula is C19H16F2N2O2S. The largest absolute Gasteiger partial charge is 0.483 e. The van der Waals surface area contributed by atoms with E-state index in [2.05, 4.69) is 10.3 Å². The zero-order chi connectivity index (χ0) is 18.7. The number of anilines is 1. The third-order valence-electron chi connectivity index (χ3n) is 3.69. The van der Waals surface area contributed by atoms with Gasteiger partial charge in [-0.15, -0.1) is 11.3 Å². The molecular weight excluding hydrogens is 358 g/mol. The Balaban J connectivity index is 1.68. The first kappa shape index (κ1) is 18.0. The van der Waals surface area contributed by atoms with Crippen LogP contribution in [-0.2, 0) is 4.79 Å². The summed E-state index contributed by atoms with van der Waals surface area (Å²) in [6.07, 6.45) is 0. The lowest BCUT2D eigenvalue weighted by molar-refractivity contribution is -0.118. The summed E-state index contributed by atoms with van der Waals surface area (Å²) in [6, 6.07) is 11.0. The third kappa shape index (κ3) is 4.05. The van der Waals surface area contributed by atoms with E-state index in [1.165, 1.54) is 17.4 Å². The van der Waals surface area contributed by atoms with Crippen molar-refractivity contribution < 1.29 is 18.3 Å². The van der Waals surface area contributed by atoms with Gasteiger partial charge < -0.3 is 4.74 Å². The molecule has 1 heterocycles. The Bertz CT molecular complexity index is 956. The molecule has 0 fully saturated rings. The summed E-state index contributed by atoms with van der Waals surface area (Å²) in [7, 11) is 0. The number of ether oxygens (including phenoxy) is 1. The van der Waals surface area contributed by atoms with Gasteiger partial charge in [-0.3, -0.25) is 10.1 Å². The molecule has 0 bridgehead atoms. The van der Waals surface area contributed by atoms with E-state index in [0.29, 0.717) is 22.1 Å². The van der Waals surface area contributed by atoms with Crippen LogP contribution in [0.1, 0.15) is 10.4 Å². The molecule has 2 aromatic carbocycles. The fraction of sp³-hybridized carbons (Fsp3) is 0.158. The number of hydrogen-bond donors (Lipinski definition) is 1. The van der Waals surface area contributed by atoms with Crippen molar-refractivity contribution in [1.82, 2.24) is 4.98 Å². The van der Waals surface area contributed by atoms with Crippen LogP contribution in [-0.4, -0.2) is 17.5 Å². The SMILES string of the molecule is Cc1ccccc1OCC(=O)Nc1nc(-c2ccc(F)c(F)c2)c(C)s1. The molecule has 0 spiro atoms. The number of benzene rings is 2. The molecule has 7 heteroatoms. The molecule has 0 saturated heterocycles. The number of halogens is 2. The number of aryl methyl sites for hydroxylation is 2. The molecule has 3 aromatic rings. The van der Waals surface area contributed by atoms with Gasteiger partial charge in [-0.2, -0.15) is 0 Å². The number of aromatic nitrogens is 1. The number of carbonyl (C=O) groups excluding carboxylic acids is 1. The molecule has 1 N–H and O–H groups in total. The van der Waals surface area contributed by atoms with Crippen LogP contribution in [0.5, 0.6) is 5.75 Å². The third-order valence-corrected chi connectivity index (χ3v) is 4.57. The number of rotatable bonds is 5. The Morgan fingerprint density at radius 2 is 1.92 bits per heavy atom. The first-order valence-electron chi connectivity index (χ1n) is 7.85. The van der Waals surface area contributed by atoms with Gasteiger partial charge in [0.1, 0.15) is 5.75 Å². The van der Waals surface area contributed by atoms with Gasteiger partial charge >= 0.3 is 0 Å². The molecule has 0 radical (unpaired) electrons. The van der Waals surface area contributed by atoms with Gasteiger partial charge in [0.2, 0.25) is 0 Å². The van der Waals surface area contributed by atoms with E-state index in [-0.39, 0.29) is 12.5 Å². The lowest BCUT2D eigenvalue weighted by Crippen LogP contribution is -2.20.